The number of nitrogens with zero attached hydrogens (tertiary/aromatic N) is 3. The highest BCUT2D eigenvalue weighted by atomic mass is 35.5. The number of hydrogen-bond acceptors (Lipinski definition) is 4. The van der Waals surface area contributed by atoms with Crippen LogP contribution < -0.4 is 0 Å². The fourth-order valence-electron chi connectivity index (χ4n) is 4.17. The van der Waals surface area contributed by atoms with Gasteiger partial charge in [-0.05, 0) is 42.0 Å². The van der Waals surface area contributed by atoms with Crippen LogP contribution in [0.1, 0.15) is 11.1 Å². The van der Waals surface area contributed by atoms with Crippen molar-refractivity contribution in [3.63, 3.8) is 0 Å². The summed E-state index contributed by atoms with van der Waals surface area (Å²) in [5.41, 5.74) is 1.13. The Morgan fingerprint density at radius 2 is 1.61 bits per heavy atom. The first-order chi connectivity index (χ1) is 18.2. The first-order valence-corrected chi connectivity index (χ1v) is 14.3. The van der Waals surface area contributed by atoms with Crippen molar-refractivity contribution in [2.45, 2.75) is 11.4 Å². The Balaban J connectivity index is 1.44. The summed E-state index contributed by atoms with van der Waals surface area (Å²) in [6.45, 7) is 2.18. The highest BCUT2D eigenvalue weighted by Crippen LogP contribution is 2.25. The van der Waals surface area contributed by atoms with Gasteiger partial charge in [-0.3, -0.25) is 9.69 Å². The van der Waals surface area contributed by atoms with Gasteiger partial charge in [0.1, 0.15) is 5.82 Å². The summed E-state index contributed by atoms with van der Waals surface area (Å²) in [6, 6.07) is 19.8. The predicted octanol–water partition coefficient (Wildman–Crippen LogP) is 5.18. The molecule has 0 unspecified atom stereocenters. The number of carbonyl (C=O) groups excluding carboxylic acids is 1. The van der Waals surface area contributed by atoms with E-state index in [0.29, 0.717) is 31.2 Å². The first-order valence-electron chi connectivity index (χ1n) is 12.1. The molecule has 6 nitrogen and oxygen atoms in total. The number of amides is 1. The van der Waals surface area contributed by atoms with E-state index in [9.17, 15) is 17.6 Å². The third-order valence-corrected chi connectivity index (χ3v) is 8.77. The van der Waals surface area contributed by atoms with Crippen molar-refractivity contribution in [2.24, 2.45) is 0 Å². The van der Waals surface area contributed by atoms with Crippen LogP contribution in [0.2, 0.25) is 10.0 Å². The van der Waals surface area contributed by atoms with Gasteiger partial charge in [-0.25, -0.2) is 12.8 Å². The molecule has 0 radical (unpaired) electrons. The summed E-state index contributed by atoms with van der Waals surface area (Å²) >= 11 is 12.1. The SMILES string of the molecule is O=C(CN(Cc1c(F)cccc1Cl)S(=O)(=O)c1ccc(Cl)cc1)N1CCN(C/C=C/c2ccccc2)CC1. The van der Waals surface area contributed by atoms with E-state index in [1.807, 2.05) is 30.3 Å². The van der Waals surface area contributed by atoms with E-state index in [1.165, 1.54) is 42.5 Å². The Bertz CT molecular complexity index is 1360. The zero-order valence-electron chi connectivity index (χ0n) is 20.6. The van der Waals surface area contributed by atoms with Gasteiger partial charge in [0.25, 0.3) is 0 Å². The molecule has 1 aliphatic rings. The van der Waals surface area contributed by atoms with E-state index >= 15 is 0 Å². The van der Waals surface area contributed by atoms with E-state index in [4.69, 9.17) is 23.2 Å². The molecule has 1 fully saturated rings. The smallest absolute Gasteiger partial charge is 0.243 e. The third-order valence-electron chi connectivity index (χ3n) is 6.36. The van der Waals surface area contributed by atoms with Crippen molar-refractivity contribution in [1.29, 1.82) is 0 Å². The normalized spacial score (nSPS) is 14.9. The van der Waals surface area contributed by atoms with Crippen molar-refractivity contribution < 1.29 is 17.6 Å². The molecule has 0 saturated carbocycles. The number of hydrogen-bond donors (Lipinski definition) is 0. The lowest BCUT2D eigenvalue weighted by atomic mass is 10.2. The average Bonchev–Trinajstić information content (AvgIpc) is 2.91. The standard InChI is InChI=1S/C28H28Cl2FN3O3S/c29-23-11-13-24(14-12-23)38(36,37)34(20-25-26(30)9-4-10-27(25)31)21-28(35)33-18-16-32(17-19-33)15-5-8-22-6-2-1-3-7-22/h1-14H,15-21H2/b8-5+. The molecule has 0 bridgehead atoms. The number of benzene rings is 3. The molecule has 10 heteroatoms. The van der Waals surface area contributed by atoms with Crippen molar-refractivity contribution in [1.82, 2.24) is 14.1 Å². The van der Waals surface area contributed by atoms with Gasteiger partial charge in [-0.15, -0.1) is 0 Å². The molecule has 1 aliphatic heterocycles. The lowest BCUT2D eigenvalue weighted by molar-refractivity contribution is -0.133. The van der Waals surface area contributed by atoms with E-state index in [1.54, 1.807) is 4.90 Å². The number of sulfonamides is 1. The van der Waals surface area contributed by atoms with Gasteiger partial charge in [0.2, 0.25) is 15.9 Å². The van der Waals surface area contributed by atoms with Crippen LogP contribution in [-0.4, -0.2) is 67.7 Å². The molecule has 0 aromatic heterocycles. The molecule has 0 N–H and O–H groups in total. The van der Waals surface area contributed by atoms with Crippen LogP contribution in [0, 0.1) is 5.82 Å². The number of halogens is 3. The fourth-order valence-corrected chi connectivity index (χ4v) is 5.88. The van der Waals surface area contributed by atoms with Crippen LogP contribution >= 0.6 is 23.2 Å². The molecule has 0 atom stereocenters. The van der Waals surface area contributed by atoms with E-state index in [-0.39, 0.29) is 27.9 Å². The Morgan fingerprint density at radius 3 is 2.26 bits per heavy atom. The van der Waals surface area contributed by atoms with Crippen molar-refractivity contribution in [3.05, 3.63) is 106 Å². The van der Waals surface area contributed by atoms with Gasteiger partial charge in [0.05, 0.1) is 11.4 Å². The zero-order valence-corrected chi connectivity index (χ0v) is 23.0. The lowest BCUT2D eigenvalue weighted by Crippen LogP contribution is -2.51. The summed E-state index contributed by atoms with van der Waals surface area (Å²) in [5, 5.41) is 0.464. The summed E-state index contributed by atoms with van der Waals surface area (Å²) in [7, 11) is -4.15. The molecule has 0 spiro atoms. The topological polar surface area (TPSA) is 60.9 Å². The molecule has 3 aromatic rings. The fraction of sp³-hybridized carbons (Fsp3) is 0.250. The maximum absolute atomic E-state index is 14.6. The predicted molar refractivity (Wildman–Crippen MR) is 149 cm³/mol. The molecule has 4 rings (SSSR count). The van der Waals surface area contributed by atoms with E-state index in [0.717, 1.165) is 16.4 Å². The molecule has 3 aromatic carbocycles. The Kier molecular flexibility index (Phi) is 9.57. The van der Waals surface area contributed by atoms with Crippen LogP contribution in [0.15, 0.2) is 83.8 Å². The first kappa shape index (κ1) is 28.3. The molecular weight excluding hydrogens is 548 g/mol. The Hall–Kier alpha value is -2.75. The summed E-state index contributed by atoms with van der Waals surface area (Å²) in [5.74, 6) is -0.993. The molecule has 1 heterocycles. The van der Waals surface area contributed by atoms with Crippen LogP contribution in [0.4, 0.5) is 4.39 Å². The van der Waals surface area contributed by atoms with Crippen LogP contribution in [0.3, 0.4) is 0 Å². The van der Waals surface area contributed by atoms with E-state index in [2.05, 4.69) is 17.1 Å². The minimum Gasteiger partial charge on any atom is -0.339 e. The molecule has 38 heavy (non-hydrogen) atoms. The Labute approximate surface area is 232 Å². The van der Waals surface area contributed by atoms with Crippen molar-refractivity contribution in [2.75, 3.05) is 39.3 Å². The number of carbonyl (C=O) groups is 1. The van der Waals surface area contributed by atoms with Crippen LogP contribution in [0.5, 0.6) is 0 Å². The van der Waals surface area contributed by atoms with Gasteiger partial charge in [-0.2, -0.15) is 4.31 Å². The number of piperazine rings is 1. The van der Waals surface area contributed by atoms with Gasteiger partial charge in [0, 0.05) is 54.9 Å². The minimum absolute atomic E-state index is 0.00882. The number of rotatable bonds is 9. The Morgan fingerprint density at radius 1 is 0.921 bits per heavy atom. The molecule has 1 saturated heterocycles. The quantitative estimate of drug-likeness (QED) is 0.352. The molecule has 200 valence electrons. The monoisotopic (exact) mass is 575 g/mol. The summed E-state index contributed by atoms with van der Waals surface area (Å²) < 4.78 is 42.6. The van der Waals surface area contributed by atoms with Crippen molar-refractivity contribution >= 4 is 45.2 Å². The third kappa shape index (κ3) is 7.21. The van der Waals surface area contributed by atoms with Gasteiger partial charge in [-0.1, -0.05) is 71.8 Å². The summed E-state index contributed by atoms with van der Waals surface area (Å²) in [6.07, 6.45) is 4.15. The maximum atomic E-state index is 14.6. The average molecular weight is 577 g/mol. The van der Waals surface area contributed by atoms with Gasteiger partial charge >= 0.3 is 0 Å². The van der Waals surface area contributed by atoms with Crippen LogP contribution in [-0.2, 0) is 21.4 Å². The van der Waals surface area contributed by atoms with Gasteiger partial charge < -0.3 is 4.90 Å². The zero-order chi connectivity index (χ0) is 27.1. The van der Waals surface area contributed by atoms with Crippen LogP contribution in [0.25, 0.3) is 6.08 Å². The second-order valence-corrected chi connectivity index (χ2v) is 11.7. The second kappa shape index (κ2) is 12.9. The van der Waals surface area contributed by atoms with E-state index < -0.39 is 22.4 Å². The summed E-state index contributed by atoms with van der Waals surface area (Å²) in [4.78, 5) is 17.1. The minimum atomic E-state index is -4.15. The molecule has 1 amide bonds. The second-order valence-electron chi connectivity index (χ2n) is 8.92. The van der Waals surface area contributed by atoms with Gasteiger partial charge in [0.15, 0.2) is 0 Å². The molecule has 0 aliphatic carbocycles. The lowest BCUT2D eigenvalue weighted by Gasteiger charge is -2.35. The molecular formula is C28H28Cl2FN3O3S. The maximum Gasteiger partial charge on any atom is 0.243 e. The largest absolute Gasteiger partial charge is 0.339 e. The van der Waals surface area contributed by atoms with Crippen molar-refractivity contribution in [3.8, 4) is 0 Å². The highest BCUT2D eigenvalue weighted by molar-refractivity contribution is 7.89. The highest BCUT2D eigenvalue weighted by Gasteiger charge is 2.31.